The van der Waals surface area contributed by atoms with Gasteiger partial charge in [-0.05, 0) is 24.3 Å². The lowest BCUT2D eigenvalue weighted by Crippen LogP contribution is -2.23. The molecular weight excluding hydrogens is 203 g/mol. The van der Waals surface area contributed by atoms with E-state index in [-0.39, 0.29) is 17.6 Å². The Labute approximate surface area is 88.6 Å². The van der Waals surface area contributed by atoms with Crippen LogP contribution in [0.2, 0.25) is 0 Å². The van der Waals surface area contributed by atoms with E-state index in [2.05, 4.69) is 0 Å². The number of rotatable bonds is 4. The largest absolute Gasteiger partial charge is 0.297 e. The Kier molecular flexibility index (Phi) is 3.87. The highest BCUT2D eigenvalue weighted by molar-refractivity contribution is 6.31. The third-order valence-corrected chi connectivity index (χ3v) is 2.98. The minimum Gasteiger partial charge on any atom is -0.297 e. The van der Waals surface area contributed by atoms with Gasteiger partial charge >= 0.3 is 0 Å². The Morgan fingerprint density at radius 2 is 2.43 bits per heavy atom. The number of halogens is 2. The molecule has 0 aromatic rings. The molecule has 0 fully saturated rings. The molecule has 0 aromatic heterocycles. The fourth-order valence-electron chi connectivity index (χ4n) is 1.65. The van der Waals surface area contributed by atoms with Gasteiger partial charge in [-0.2, -0.15) is 0 Å². The van der Waals surface area contributed by atoms with Gasteiger partial charge < -0.3 is 0 Å². The molecule has 0 N–H and O–H groups in total. The number of allylic oxidation sites excluding steroid dienone is 4. The predicted octanol–water partition coefficient (Wildman–Crippen LogP) is 3.39. The van der Waals surface area contributed by atoms with Crippen LogP contribution in [0, 0.1) is 5.41 Å². The summed E-state index contributed by atoms with van der Waals surface area (Å²) < 4.78 is 12.1. The second-order valence-electron chi connectivity index (χ2n) is 3.69. The van der Waals surface area contributed by atoms with E-state index in [1.54, 1.807) is 6.08 Å². The van der Waals surface area contributed by atoms with Crippen molar-refractivity contribution in [3.63, 3.8) is 0 Å². The minimum absolute atomic E-state index is 0.207. The SMILES string of the molecule is CCC1(CC(=O)CF)C=CC(Cl)=CC1. The van der Waals surface area contributed by atoms with E-state index >= 15 is 0 Å². The maximum absolute atomic E-state index is 12.1. The van der Waals surface area contributed by atoms with Crippen LogP contribution in [0.4, 0.5) is 4.39 Å². The molecule has 0 radical (unpaired) electrons. The Balaban J connectivity index is 2.70. The fourth-order valence-corrected chi connectivity index (χ4v) is 1.79. The number of hydrogen-bond acceptors (Lipinski definition) is 1. The van der Waals surface area contributed by atoms with Gasteiger partial charge in [-0.3, -0.25) is 4.79 Å². The van der Waals surface area contributed by atoms with Gasteiger partial charge in [-0.25, -0.2) is 4.39 Å². The van der Waals surface area contributed by atoms with Gasteiger partial charge in [0.2, 0.25) is 0 Å². The van der Waals surface area contributed by atoms with Crippen LogP contribution in [0.5, 0.6) is 0 Å². The van der Waals surface area contributed by atoms with Gasteiger partial charge in [-0.15, -0.1) is 0 Å². The van der Waals surface area contributed by atoms with Crippen molar-refractivity contribution < 1.29 is 9.18 Å². The van der Waals surface area contributed by atoms with Crippen LogP contribution < -0.4 is 0 Å². The van der Waals surface area contributed by atoms with Crippen molar-refractivity contribution in [1.82, 2.24) is 0 Å². The molecule has 1 aliphatic carbocycles. The zero-order valence-electron chi connectivity index (χ0n) is 8.22. The van der Waals surface area contributed by atoms with Gasteiger partial charge in [-0.1, -0.05) is 30.7 Å². The van der Waals surface area contributed by atoms with Gasteiger partial charge in [0.25, 0.3) is 0 Å². The Bertz CT molecular complexity index is 283. The van der Waals surface area contributed by atoms with Crippen LogP contribution in [0.25, 0.3) is 0 Å². The van der Waals surface area contributed by atoms with E-state index in [0.717, 1.165) is 12.8 Å². The molecule has 14 heavy (non-hydrogen) atoms. The fraction of sp³-hybridized carbons (Fsp3) is 0.545. The highest BCUT2D eigenvalue weighted by Gasteiger charge is 2.28. The normalized spacial score (nSPS) is 26.1. The molecule has 0 amide bonds. The molecule has 0 aliphatic heterocycles. The molecule has 1 nitrogen and oxygen atoms in total. The molecule has 0 spiro atoms. The second-order valence-corrected chi connectivity index (χ2v) is 4.13. The molecule has 1 atom stereocenters. The van der Waals surface area contributed by atoms with Crippen LogP contribution in [0.3, 0.4) is 0 Å². The maximum Gasteiger partial charge on any atom is 0.164 e. The summed E-state index contributed by atoms with van der Waals surface area (Å²) in [6, 6.07) is 0. The van der Waals surface area contributed by atoms with Crippen LogP contribution >= 0.6 is 11.6 Å². The Morgan fingerprint density at radius 1 is 1.71 bits per heavy atom. The molecule has 78 valence electrons. The number of carbonyl (C=O) groups is 1. The van der Waals surface area contributed by atoms with Crippen LogP contribution in [-0.2, 0) is 4.79 Å². The van der Waals surface area contributed by atoms with Crippen molar-refractivity contribution in [1.29, 1.82) is 0 Å². The number of carbonyl (C=O) groups excluding carboxylic acids is 1. The van der Waals surface area contributed by atoms with Gasteiger partial charge in [0, 0.05) is 11.5 Å². The topological polar surface area (TPSA) is 17.1 Å². The average molecular weight is 217 g/mol. The van der Waals surface area contributed by atoms with Crippen molar-refractivity contribution in [3.8, 4) is 0 Å². The maximum atomic E-state index is 12.1. The molecule has 3 heteroatoms. The van der Waals surface area contributed by atoms with Crippen molar-refractivity contribution in [2.75, 3.05) is 6.67 Å². The summed E-state index contributed by atoms with van der Waals surface area (Å²) >= 11 is 5.79. The third kappa shape index (κ3) is 2.68. The molecule has 1 aliphatic rings. The number of hydrogen-bond donors (Lipinski definition) is 0. The van der Waals surface area contributed by atoms with Crippen LogP contribution in [-0.4, -0.2) is 12.5 Å². The smallest absolute Gasteiger partial charge is 0.164 e. The second kappa shape index (κ2) is 4.74. The monoisotopic (exact) mass is 216 g/mol. The Hall–Kier alpha value is -0.630. The first kappa shape index (κ1) is 11.4. The first-order valence-corrected chi connectivity index (χ1v) is 5.12. The predicted molar refractivity (Wildman–Crippen MR) is 56.0 cm³/mol. The molecular formula is C11H14ClFO. The molecule has 0 aromatic carbocycles. The van der Waals surface area contributed by atoms with Crippen molar-refractivity contribution in [2.45, 2.75) is 26.2 Å². The standard InChI is InChI=1S/C11H14ClFO/c1-2-11(7-10(14)8-13)5-3-9(12)4-6-11/h3-5H,2,6-8H2,1H3. The van der Waals surface area contributed by atoms with E-state index in [1.807, 2.05) is 19.1 Å². The summed E-state index contributed by atoms with van der Waals surface area (Å²) in [7, 11) is 0. The lowest BCUT2D eigenvalue weighted by molar-refractivity contribution is -0.121. The lowest BCUT2D eigenvalue weighted by Gasteiger charge is -2.29. The number of Topliss-reactive ketones (excluding diaryl/α,β-unsaturated/α-hetero) is 1. The summed E-state index contributed by atoms with van der Waals surface area (Å²) in [4.78, 5) is 11.1. The molecule has 1 rings (SSSR count). The number of alkyl halides is 1. The van der Waals surface area contributed by atoms with E-state index < -0.39 is 6.67 Å². The molecule has 0 saturated heterocycles. The van der Waals surface area contributed by atoms with E-state index in [0.29, 0.717) is 5.03 Å². The molecule has 0 bridgehead atoms. The average Bonchev–Trinajstić information content (AvgIpc) is 2.22. The zero-order valence-corrected chi connectivity index (χ0v) is 8.98. The van der Waals surface area contributed by atoms with Crippen molar-refractivity contribution in [3.05, 3.63) is 23.3 Å². The first-order valence-electron chi connectivity index (χ1n) is 4.74. The summed E-state index contributed by atoms with van der Waals surface area (Å²) in [5, 5.41) is 0.696. The van der Waals surface area contributed by atoms with Gasteiger partial charge in [0.1, 0.15) is 6.67 Å². The van der Waals surface area contributed by atoms with Crippen molar-refractivity contribution >= 4 is 17.4 Å². The summed E-state index contributed by atoms with van der Waals surface area (Å²) in [5.74, 6) is -0.331. The summed E-state index contributed by atoms with van der Waals surface area (Å²) in [5.41, 5.74) is -0.207. The van der Waals surface area contributed by atoms with E-state index in [9.17, 15) is 9.18 Å². The van der Waals surface area contributed by atoms with Crippen LogP contribution in [0.15, 0.2) is 23.3 Å². The first-order chi connectivity index (χ1) is 6.62. The quantitative estimate of drug-likeness (QED) is 0.704. The molecule has 0 heterocycles. The number of ketones is 1. The highest BCUT2D eigenvalue weighted by atomic mass is 35.5. The lowest BCUT2D eigenvalue weighted by atomic mass is 9.75. The summed E-state index contributed by atoms with van der Waals surface area (Å²) in [6.45, 7) is 1.13. The third-order valence-electron chi connectivity index (χ3n) is 2.70. The Morgan fingerprint density at radius 3 is 2.86 bits per heavy atom. The minimum atomic E-state index is -0.868. The van der Waals surface area contributed by atoms with Crippen molar-refractivity contribution in [2.24, 2.45) is 5.41 Å². The highest BCUT2D eigenvalue weighted by Crippen LogP contribution is 2.37. The van der Waals surface area contributed by atoms with Gasteiger partial charge in [0.05, 0.1) is 0 Å². The van der Waals surface area contributed by atoms with E-state index in [1.165, 1.54) is 0 Å². The zero-order chi connectivity index (χ0) is 10.6. The van der Waals surface area contributed by atoms with E-state index in [4.69, 9.17) is 11.6 Å². The molecule has 1 unspecified atom stereocenters. The van der Waals surface area contributed by atoms with Crippen LogP contribution in [0.1, 0.15) is 26.2 Å². The summed E-state index contributed by atoms with van der Waals surface area (Å²) in [6.07, 6.45) is 7.44. The molecule has 0 saturated carbocycles. The van der Waals surface area contributed by atoms with Gasteiger partial charge in [0.15, 0.2) is 5.78 Å².